The fraction of sp³-hybridized carbons (Fsp3) is 0. The molecule has 0 fully saturated rings. The lowest BCUT2D eigenvalue weighted by atomic mass is 9.86. The van der Waals surface area contributed by atoms with E-state index in [2.05, 4.69) is 170 Å². The second-order valence-corrected chi connectivity index (χ2v) is 13.5. The Balaban J connectivity index is 1.27. The van der Waals surface area contributed by atoms with Crippen LogP contribution in [0, 0.1) is 0 Å². The largest absolute Gasteiger partial charge is 0.134 e. The Labute approximate surface area is 276 Å². The highest BCUT2D eigenvalue weighted by Crippen LogP contribution is 2.48. The van der Waals surface area contributed by atoms with Gasteiger partial charge in [-0.1, -0.05) is 152 Å². The summed E-state index contributed by atoms with van der Waals surface area (Å²) in [4.78, 5) is 0. The van der Waals surface area contributed by atoms with Crippen LogP contribution in [0.15, 0.2) is 170 Å². The van der Waals surface area contributed by atoms with E-state index in [0.717, 1.165) is 0 Å². The lowest BCUT2D eigenvalue weighted by Crippen LogP contribution is -1.90. The fourth-order valence-electron chi connectivity index (χ4n) is 7.72. The molecule has 10 rings (SSSR count). The number of benzene rings is 9. The van der Waals surface area contributed by atoms with Crippen LogP contribution in [0.2, 0.25) is 0 Å². The van der Waals surface area contributed by atoms with E-state index in [1.807, 2.05) is 11.3 Å². The molecule has 47 heavy (non-hydrogen) atoms. The maximum absolute atomic E-state index is 2.44. The molecule has 0 atom stereocenters. The second kappa shape index (κ2) is 10.4. The molecule has 0 bridgehead atoms. The van der Waals surface area contributed by atoms with Crippen molar-refractivity contribution in [1.29, 1.82) is 0 Å². The highest BCUT2D eigenvalue weighted by Gasteiger charge is 2.19. The molecule has 1 heterocycles. The van der Waals surface area contributed by atoms with Crippen molar-refractivity contribution >= 4 is 74.6 Å². The van der Waals surface area contributed by atoms with Gasteiger partial charge in [-0.15, -0.1) is 11.3 Å². The molecule has 0 N–H and O–H groups in total. The highest BCUT2D eigenvalue weighted by atomic mass is 32.1. The maximum Gasteiger partial charge on any atom is 0.0440 e. The van der Waals surface area contributed by atoms with Crippen molar-refractivity contribution in [1.82, 2.24) is 0 Å². The lowest BCUT2D eigenvalue weighted by molar-refractivity contribution is 1.66. The first-order valence-corrected chi connectivity index (χ1v) is 17.0. The molecule has 9 aromatic carbocycles. The van der Waals surface area contributed by atoms with Crippen LogP contribution in [-0.2, 0) is 0 Å². The number of thiophene rings is 1. The molecular formula is C46H28S. The molecule has 0 radical (unpaired) electrons. The van der Waals surface area contributed by atoms with E-state index in [-0.39, 0.29) is 0 Å². The molecule has 0 aliphatic heterocycles. The number of fused-ring (bicyclic) bond motifs is 7. The van der Waals surface area contributed by atoms with Crippen molar-refractivity contribution in [2.45, 2.75) is 0 Å². The van der Waals surface area contributed by atoms with Gasteiger partial charge in [-0.05, 0) is 89.1 Å². The molecule has 0 unspecified atom stereocenters. The average molecular weight is 613 g/mol. The van der Waals surface area contributed by atoms with E-state index < -0.39 is 0 Å². The summed E-state index contributed by atoms with van der Waals surface area (Å²) in [5.41, 5.74) is 7.71. The van der Waals surface area contributed by atoms with Crippen molar-refractivity contribution in [2.24, 2.45) is 0 Å². The van der Waals surface area contributed by atoms with Crippen molar-refractivity contribution < 1.29 is 0 Å². The molecule has 0 nitrogen and oxygen atoms in total. The van der Waals surface area contributed by atoms with E-state index in [9.17, 15) is 0 Å². The van der Waals surface area contributed by atoms with Gasteiger partial charge in [-0.2, -0.15) is 0 Å². The molecule has 0 amide bonds. The van der Waals surface area contributed by atoms with E-state index in [1.165, 1.54) is 96.6 Å². The van der Waals surface area contributed by atoms with Crippen molar-refractivity contribution in [3.05, 3.63) is 170 Å². The first-order valence-electron chi connectivity index (χ1n) is 16.2. The molecule has 1 heteroatoms. The maximum atomic E-state index is 2.44. The summed E-state index contributed by atoms with van der Waals surface area (Å²) in [6, 6.07) is 62.6. The van der Waals surface area contributed by atoms with Crippen molar-refractivity contribution in [2.75, 3.05) is 0 Å². The monoisotopic (exact) mass is 612 g/mol. The molecule has 10 aromatic rings. The molecule has 0 aliphatic carbocycles. The Morgan fingerprint density at radius 1 is 0.277 bits per heavy atom. The van der Waals surface area contributed by atoms with Crippen molar-refractivity contribution in [3.63, 3.8) is 0 Å². The van der Waals surface area contributed by atoms with Crippen LogP contribution in [-0.4, -0.2) is 0 Å². The zero-order chi connectivity index (χ0) is 30.9. The van der Waals surface area contributed by atoms with Gasteiger partial charge in [0, 0.05) is 25.7 Å². The zero-order valence-electron chi connectivity index (χ0n) is 25.6. The Bertz CT molecular complexity index is 2780. The third kappa shape index (κ3) is 4.07. The highest BCUT2D eigenvalue weighted by molar-refractivity contribution is 7.26. The van der Waals surface area contributed by atoms with E-state index >= 15 is 0 Å². The summed E-state index contributed by atoms with van der Waals surface area (Å²) in [5.74, 6) is 0. The second-order valence-electron chi connectivity index (χ2n) is 12.4. The topological polar surface area (TPSA) is 0 Å². The summed E-state index contributed by atoms with van der Waals surface area (Å²) in [5, 5.41) is 12.9. The predicted molar refractivity (Wildman–Crippen MR) is 206 cm³/mol. The van der Waals surface area contributed by atoms with Crippen LogP contribution in [0.5, 0.6) is 0 Å². The van der Waals surface area contributed by atoms with Gasteiger partial charge >= 0.3 is 0 Å². The summed E-state index contributed by atoms with van der Waals surface area (Å²) >= 11 is 1.92. The third-order valence-corrected chi connectivity index (χ3v) is 11.0. The summed E-state index contributed by atoms with van der Waals surface area (Å²) in [6.07, 6.45) is 0. The van der Waals surface area contributed by atoms with Gasteiger partial charge in [0.25, 0.3) is 0 Å². The van der Waals surface area contributed by atoms with Gasteiger partial charge < -0.3 is 0 Å². The average Bonchev–Trinajstić information content (AvgIpc) is 3.50. The van der Waals surface area contributed by atoms with E-state index in [0.29, 0.717) is 0 Å². The zero-order valence-corrected chi connectivity index (χ0v) is 26.4. The molecule has 0 spiro atoms. The minimum absolute atomic E-state index is 1.25. The summed E-state index contributed by atoms with van der Waals surface area (Å²) < 4.78 is 2.66. The SMILES string of the molecule is c1ccc(-c2c3ccccc3c(-c3ccc4c(c3)sc3c(-c5ccc6ccccc6c5)c5ccccc5cc34)c3ccccc23)cc1. The van der Waals surface area contributed by atoms with Crippen molar-refractivity contribution in [3.8, 4) is 33.4 Å². The van der Waals surface area contributed by atoms with Gasteiger partial charge in [0.05, 0.1) is 0 Å². The number of hydrogen-bond donors (Lipinski definition) is 0. The van der Waals surface area contributed by atoms with E-state index in [1.54, 1.807) is 0 Å². The van der Waals surface area contributed by atoms with Crippen LogP contribution in [0.3, 0.4) is 0 Å². The summed E-state index contributed by atoms with van der Waals surface area (Å²) in [6.45, 7) is 0. The first-order chi connectivity index (χ1) is 23.3. The predicted octanol–water partition coefficient (Wildman–Crippen LogP) is 13.7. The minimum Gasteiger partial charge on any atom is -0.134 e. The fourth-order valence-corrected chi connectivity index (χ4v) is 9.02. The molecule has 218 valence electrons. The van der Waals surface area contributed by atoms with Gasteiger partial charge in [-0.3, -0.25) is 0 Å². The van der Waals surface area contributed by atoms with Crippen LogP contribution in [0.4, 0.5) is 0 Å². The Morgan fingerprint density at radius 3 is 1.51 bits per heavy atom. The van der Waals surface area contributed by atoms with Gasteiger partial charge in [0.2, 0.25) is 0 Å². The standard InChI is InChI=1S/C46H28S/c1-2-13-30(14-3-1)43-37-18-8-10-20-39(37)44(40-21-11-9-19-38(40)43)34-24-25-36-41-27-32-16-6-7-17-35(32)45(46(41)47-42(36)28-34)33-23-22-29-12-4-5-15-31(29)26-33/h1-28H. The van der Waals surface area contributed by atoms with E-state index in [4.69, 9.17) is 0 Å². The molecule has 1 aromatic heterocycles. The smallest absolute Gasteiger partial charge is 0.0440 e. The van der Waals surface area contributed by atoms with Crippen LogP contribution in [0.1, 0.15) is 0 Å². The first kappa shape index (κ1) is 26.5. The Kier molecular flexibility index (Phi) is 5.85. The molecule has 0 aliphatic rings. The van der Waals surface area contributed by atoms with Crippen LogP contribution in [0.25, 0.3) is 96.6 Å². The molecule has 0 saturated heterocycles. The molecular weight excluding hydrogens is 585 g/mol. The van der Waals surface area contributed by atoms with Crippen LogP contribution < -0.4 is 0 Å². The Morgan fingerprint density at radius 2 is 0.809 bits per heavy atom. The third-order valence-electron chi connectivity index (χ3n) is 9.81. The normalized spacial score (nSPS) is 11.8. The van der Waals surface area contributed by atoms with Crippen LogP contribution >= 0.6 is 11.3 Å². The quantitative estimate of drug-likeness (QED) is 0.174. The summed E-state index contributed by atoms with van der Waals surface area (Å²) in [7, 11) is 0. The molecule has 0 saturated carbocycles. The number of rotatable bonds is 3. The Hall–Kier alpha value is -5.76. The lowest BCUT2D eigenvalue weighted by Gasteiger charge is -2.17. The van der Waals surface area contributed by atoms with Gasteiger partial charge in [0.15, 0.2) is 0 Å². The minimum atomic E-state index is 1.25. The van der Waals surface area contributed by atoms with Gasteiger partial charge in [0.1, 0.15) is 0 Å². The number of hydrogen-bond acceptors (Lipinski definition) is 1. The van der Waals surface area contributed by atoms with Gasteiger partial charge in [-0.25, -0.2) is 0 Å².